The molecule has 0 amide bonds. The summed E-state index contributed by atoms with van der Waals surface area (Å²) in [4.78, 5) is 7.50. The molecule has 1 saturated carbocycles. The number of methoxy groups -OCH3 is 1. The summed E-state index contributed by atoms with van der Waals surface area (Å²) in [6.45, 7) is 5.91. The van der Waals surface area contributed by atoms with E-state index in [-0.39, 0.29) is 6.10 Å². The Morgan fingerprint density at radius 1 is 1.25 bits per heavy atom. The Labute approximate surface area is 174 Å². The second kappa shape index (κ2) is 11.0. The molecule has 1 atom stereocenters. The molecule has 1 heterocycles. The third-order valence-corrected chi connectivity index (χ3v) is 6.21. The van der Waals surface area contributed by atoms with Crippen molar-refractivity contribution in [3.63, 3.8) is 0 Å². The van der Waals surface area contributed by atoms with Gasteiger partial charge in [-0.25, -0.2) is 0 Å². The van der Waals surface area contributed by atoms with E-state index in [0.717, 1.165) is 29.1 Å². The zero-order chi connectivity index (χ0) is 19.8. The zero-order valence-electron chi connectivity index (χ0n) is 17.3. The van der Waals surface area contributed by atoms with Crippen LogP contribution in [0.1, 0.15) is 57.1 Å². The standard InChI is InChI=1S/C22H35ClN4O/c1-3-24-22(25-16-21(28-2)17-7-6-8-18(23)15-17)26-19-11-13-27(14-12-19)20-9-4-5-10-20/h6-8,15,19-21H,3-5,9-14,16H2,1-2H3,(H2,24,25,26). The largest absolute Gasteiger partial charge is 0.375 e. The highest BCUT2D eigenvalue weighted by molar-refractivity contribution is 6.30. The topological polar surface area (TPSA) is 48.9 Å². The fourth-order valence-corrected chi connectivity index (χ4v) is 4.59. The Kier molecular flexibility index (Phi) is 8.44. The van der Waals surface area contributed by atoms with Crippen LogP contribution in [0.15, 0.2) is 29.3 Å². The van der Waals surface area contributed by atoms with Gasteiger partial charge in [-0.1, -0.05) is 36.6 Å². The van der Waals surface area contributed by atoms with Gasteiger partial charge in [-0.3, -0.25) is 4.99 Å². The van der Waals surface area contributed by atoms with Crippen molar-refractivity contribution < 1.29 is 4.74 Å². The van der Waals surface area contributed by atoms with Crippen molar-refractivity contribution >= 4 is 17.6 Å². The third kappa shape index (κ3) is 6.10. The average Bonchev–Trinajstić information content (AvgIpc) is 3.24. The van der Waals surface area contributed by atoms with Crippen molar-refractivity contribution in [1.29, 1.82) is 0 Å². The Morgan fingerprint density at radius 3 is 2.64 bits per heavy atom. The first-order valence-electron chi connectivity index (χ1n) is 10.8. The third-order valence-electron chi connectivity index (χ3n) is 5.98. The highest BCUT2D eigenvalue weighted by Crippen LogP contribution is 2.26. The normalized spacial score (nSPS) is 21.0. The second-order valence-corrected chi connectivity index (χ2v) is 8.33. The van der Waals surface area contributed by atoms with Gasteiger partial charge in [-0.15, -0.1) is 0 Å². The number of benzene rings is 1. The molecule has 1 saturated heterocycles. The smallest absolute Gasteiger partial charge is 0.191 e. The molecule has 1 aliphatic heterocycles. The quantitative estimate of drug-likeness (QED) is 0.531. The van der Waals surface area contributed by atoms with E-state index in [4.69, 9.17) is 21.3 Å². The minimum absolute atomic E-state index is 0.0987. The molecule has 2 fully saturated rings. The van der Waals surface area contributed by atoms with Gasteiger partial charge in [0.25, 0.3) is 0 Å². The summed E-state index contributed by atoms with van der Waals surface area (Å²) in [5.74, 6) is 0.880. The van der Waals surface area contributed by atoms with Gasteiger partial charge in [0.1, 0.15) is 6.10 Å². The number of halogens is 1. The fourth-order valence-electron chi connectivity index (χ4n) is 4.39. The number of nitrogens with one attached hydrogen (secondary N) is 2. The monoisotopic (exact) mass is 406 g/mol. The van der Waals surface area contributed by atoms with Gasteiger partial charge in [0.15, 0.2) is 5.96 Å². The highest BCUT2D eigenvalue weighted by Gasteiger charge is 2.27. The highest BCUT2D eigenvalue weighted by atomic mass is 35.5. The fraction of sp³-hybridized carbons (Fsp3) is 0.682. The molecule has 0 spiro atoms. The Balaban J connectivity index is 1.53. The predicted molar refractivity (Wildman–Crippen MR) is 117 cm³/mol. The molecule has 0 aromatic heterocycles. The summed E-state index contributed by atoms with van der Waals surface area (Å²) in [5.41, 5.74) is 1.06. The summed E-state index contributed by atoms with van der Waals surface area (Å²) in [6, 6.07) is 9.14. The molecule has 1 aromatic carbocycles. The van der Waals surface area contributed by atoms with Gasteiger partial charge in [0.05, 0.1) is 6.54 Å². The van der Waals surface area contributed by atoms with Crippen LogP contribution in [0.3, 0.4) is 0 Å². The molecular weight excluding hydrogens is 372 g/mol. The number of aliphatic imine (C=N–C) groups is 1. The summed E-state index contributed by atoms with van der Waals surface area (Å²) < 4.78 is 5.65. The number of guanidine groups is 1. The molecular formula is C22H35ClN4O. The lowest BCUT2D eigenvalue weighted by atomic mass is 10.0. The van der Waals surface area contributed by atoms with Crippen LogP contribution in [-0.2, 0) is 4.74 Å². The maximum Gasteiger partial charge on any atom is 0.191 e. The Hall–Kier alpha value is -1.30. The molecule has 1 aromatic rings. The Morgan fingerprint density at radius 2 is 2.00 bits per heavy atom. The van der Waals surface area contributed by atoms with E-state index >= 15 is 0 Å². The van der Waals surface area contributed by atoms with Crippen LogP contribution in [0.4, 0.5) is 0 Å². The van der Waals surface area contributed by atoms with Crippen LogP contribution in [0.25, 0.3) is 0 Å². The lowest BCUT2D eigenvalue weighted by Crippen LogP contribution is -2.50. The van der Waals surface area contributed by atoms with Crippen molar-refractivity contribution in [2.45, 2.75) is 63.6 Å². The molecule has 1 unspecified atom stereocenters. The molecule has 5 nitrogen and oxygen atoms in total. The molecule has 2 aliphatic rings. The van der Waals surface area contributed by atoms with Crippen LogP contribution < -0.4 is 10.6 Å². The van der Waals surface area contributed by atoms with Gasteiger partial charge < -0.3 is 20.3 Å². The first-order valence-corrected chi connectivity index (χ1v) is 11.1. The predicted octanol–water partition coefficient (Wildman–Crippen LogP) is 3.99. The molecule has 1 aliphatic carbocycles. The number of ether oxygens (including phenoxy) is 1. The lowest BCUT2D eigenvalue weighted by molar-refractivity contribution is 0.111. The van der Waals surface area contributed by atoms with Gasteiger partial charge in [0, 0.05) is 43.9 Å². The maximum atomic E-state index is 6.13. The molecule has 3 rings (SSSR count). The summed E-state index contributed by atoms with van der Waals surface area (Å²) in [5, 5.41) is 7.75. The van der Waals surface area contributed by atoms with E-state index in [2.05, 4.69) is 22.5 Å². The second-order valence-electron chi connectivity index (χ2n) is 7.89. The van der Waals surface area contributed by atoms with Crippen LogP contribution in [-0.4, -0.2) is 56.2 Å². The van der Waals surface area contributed by atoms with Gasteiger partial charge in [-0.2, -0.15) is 0 Å². The number of hydrogen-bond acceptors (Lipinski definition) is 3. The van der Waals surface area contributed by atoms with Crippen LogP contribution in [0.5, 0.6) is 0 Å². The van der Waals surface area contributed by atoms with Crippen LogP contribution in [0, 0.1) is 0 Å². The van der Waals surface area contributed by atoms with E-state index < -0.39 is 0 Å². The minimum Gasteiger partial charge on any atom is -0.375 e. The first-order chi connectivity index (χ1) is 13.7. The van der Waals surface area contributed by atoms with E-state index in [0.29, 0.717) is 12.6 Å². The van der Waals surface area contributed by atoms with Crippen molar-refractivity contribution in [2.24, 2.45) is 4.99 Å². The van der Waals surface area contributed by atoms with E-state index in [1.165, 1.54) is 51.6 Å². The molecule has 28 heavy (non-hydrogen) atoms. The number of rotatable bonds is 7. The molecule has 2 N–H and O–H groups in total. The van der Waals surface area contributed by atoms with E-state index in [1.54, 1.807) is 7.11 Å². The van der Waals surface area contributed by atoms with Crippen molar-refractivity contribution in [1.82, 2.24) is 15.5 Å². The van der Waals surface area contributed by atoms with E-state index in [9.17, 15) is 0 Å². The van der Waals surface area contributed by atoms with Crippen molar-refractivity contribution in [3.8, 4) is 0 Å². The zero-order valence-corrected chi connectivity index (χ0v) is 18.0. The first kappa shape index (κ1) is 21.4. The molecule has 156 valence electrons. The van der Waals surface area contributed by atoms with Crippen LogP contribution in [0.2, 0.25) is 5.02 Å². The minimum atomic E-state index is -0.0987. The van der Waals surface area contributed by atoms with Crippen molar-refractivity contribution in [2.75, 3.05) is 33.3 Å². The number of nitrogens with zero attached hydrogens (tertiary/aromatic N) is 2. The number of hydrogen-bond donors (Lipinski definition) is 2. The Bertz CT molecular complexity index is 625. The SMILES string of the molecule is CCNC(=NCC(OC)c1cccc(Cl)c1)NC1CCN(C2CCCC2)CC1. The van der Waals surface area contributed by atoms with Gasteiger partial charge in [0.2, 0.25) is 0 Å². The van der Waals surface area contributed by atoms with Gasteiger partial charge >= 0.3 is 0 Å². The van der Waals surface area contributed by atoms with E-state index in [1.807, 2.05) is 24.3 Å². The lowest BCUT2D eigenvalue weighted by Gasteiger charge is -2.36. The molecule has 6 heteroatoms. The summed E-state index contributed by atoms with van der Waals surface area (Å²) >= 11 is 6.13. The number of piperidine rings is 1. The maximum absolute atomic E-state index is 6.13. The molecule has 0 radical (unpaired) electrons. The van der Waals surface area contributed by atoms with Crippen LogP contribution >= 0.6 is 11.6 Å². The van der Waals surface area contributed by atoms with Gasteiger partial charge in [-0.05, 0) is 50.3 Å². The number of likely N-dealkylation sites (tertiary alicyclic amines) is 1. The summed E-state index contributed by atoms with van der Waals surface area (Å²) in [6.07, 6.45) is 7.87. The van der Waals surface area contributed by atoms with Crippen molar-refractivity contribution in [3.05, 3.63) is 34.9 Å². The average molecular weight is 407 g/mol. The summed E-state index contributed by atoms with van der Waals surface area (Å²) in [7, 11) is 1.72. The molecule has 0 bridgehead atoms.